The molecule has 1 rings (SSSR count). The Balaban J connectivity index is 2.61. The van der Waals surface area contributed by atoms with E-state index in [-0.39, 0.29) is 17.5 Å². The van der Waals surface area contributed by atoms with Crippen LogP contribution in [0.5, 0.6) is 0 Å². The van der Waals surface area contributed by atoms with Gasteiger partial charge in [0.05, 0.1) is 5.75 Å². The molecule has 0 spiro atoms. The van der Waals surface area contributed by atoms with Crippen molar-refractivity contribution in [1.29, 1.82) is 0 Å². The normalized spacial score (nSPS) is 13.5. The lowest BCUT2D eigenvalue weighted by Crippen LogP contribution is -2.19. The summed E-state index contributed by atoms with van der Waals surface area (Å²) >= 11 is 2.32. The first kappa shape index (κ1) is 15.9. The van der Waals surface area contributed by atoms with Crippen LogP contribution in [0.2, 0.25) is 0 Å². The van der Waals surface area contributed by atoms with E-state index in [2.05, 4.69) is 40.0 Å². The Morgan fingerprint density at radius 3 is 2.56 bits per heavy atom. The fourth-order valence-corrected chi connectivity index (χ4v) is 3.52. The Kier molecular flexibility index (Phi) is 6.59. The van der Waals surface area contributed by atoms with Gasteiger partial charge in [0.25, 0.3) is 0 Å². The number of hydrogen-bond donors (Lipinski definition) is 1. The zero-order valence-electron chi connectivity index (χ0n) is 10.8. The van der Waals surface area contributed by atoms with Gasteiger partial charge >= 0.3 is 0 Å². The molecule has 1 unspecified atom stereocenters. The minimum absolute atomic E-state index is 0.227. The predicted octanol–water partition coefficient (Wildman–Crippen LogP) is 2.77. The van der Waals surface area contributed by atoms with Gasteiger partial charge in [0.15, 0.2) is 0 Å². The highest BCUT2D eigenvalue weighted by atomic mass is 127. The van der Waals surface area contributed by atoms with Crippen LogP contribution in [0, 0.1) is 3.57 Å². The first-order valence-electron chi connectivity index (χ1n) is 6.12. The van der Waals surface area contributed by atoms with E-state index in [0.29, 0.717) is 6.42 Å². The smallest absolute Gasteiger partial charge is 0.150 e. The molecule has 0 saturated heterocycles. The largest absolute Gasteiger partial charge is 0.313 e. The van der Waals surface area contributed by atoms with Crippen molar-refractivity contribution in [1.82, 2.24) is 5.32 Å². The number of halogens is 1. The van der Waals surface area contributed by atoms with Gasteiger partial charge < -0.3 is 5.32 Å². The van der Waals surface area contributed by atoms with Crippen molar-refractivity contribution in [2.24, 2.45) is 0 Å². The van der Waals surface area contributed by atoms with Crippen LogP contribution in [0.15, 0.2) is 24.3 Å². The molecule has 0 aliphatic heterocycles. The predicted molar refractivity (Wildman–Crippen MR) is 84.5 cm³/mol. The third kappa shape index (κ3) is 4.85. The molecule has 18 heavy (non-hydrogen) atoms. The van der Waals surface area contributed by atoms with Gasteiger partial charge in [-0.25, -0.2) is 8.42 Å². The van der Waals surface area contributed by atoms with Gasteiger partial charge in [-0.2, -0.15) is 0 Å². The lowest BCUT2D eigenvalue weighted by molar-refractivity contribution is 0.533. The van der Waals surface area contributed by atoms with Gasteiger partial charge in [0.1, 0.15) is 9.84 Å². The molecular formula is C13H20INO2S. The molecule has 0 aliphatic rings. The fraction of sp³-hybridized carbons (Fsp3) is 0.538. The van der Waals surface area contributed by atoms with E-state index in [1.807, 2.05) is 19.2 Å². The van der Waals surface area contributed by atoms with Gasteiger partial charge in [-0.05, 0) is 54.1 Å². The first-order chi connectivity index (χ1) is 8.50. The highest BCUT2D eigenvalue weighted by molar-refractivity contribution is 14.1. The van der Waals surface area contributed by atoms with Crippen molar-refractivity contribution in [2.45, 2.75) is 25.8 Å². The summed E-state index contributed by atoms with van der Waals surface area (Å²) < 4.78 is 24.1. The summed E-state index contributed by atoms with van der Waals surface area (Å²) in [5.74, 6) is 0.519. The second-order valence-electron chi connectivity index (χ2n) is 4.24. The molecule has 5 heteroatoms. The lowest BCUT2D eigenvalue weighted by atomic mass is 10.0. The number of benzene rings is 1. The molecular weight excluding hydrogens is 361 g/mol. The van der Waals surface area contributed by atoms with Crippen molar-refractivity contribution < 1.29 is 8.42 Å². The highest BCUT2D eigenvalue weighted by Gasteiger charge is 2.14. The van der Waals surface area contributed by atoms with Crippen LogP contribution in [-0.2, 0) is 9.84 Å². The maximum atomic E-state index is 11.5. The molecule has 0 fully saturated rings. The van der Waals surface area contributed by atoms with Crippen LogP contribution in [-0.4, -0.2) is 27.0 Å². The average molecular weight is 381 g/mol. The van der Waals surface area contributed by atoms with Gasteiger partial charge in [0, 0.05) is 15.4 Å². The van der Waals surface area contributed by atoms with Crippen LogP contribution in [0.1, 0.15) is 31.4 Å². The van der Waals surface area contributed by atoms with E-state index < -0.39 is 9.84 Å². The van der Waals surface area contributed by atoms with Crippen molar-refractivity contribution in [3.63, 3.8) is 0 Å². The monoisotopic (exact) mass is 381 g/mol. The van der Waals surface area contributed by atoms with Gasteiger partial charge in [0.2, 0.25) is 0 Å². The van der Waals surface area contributed by atoms with Crippen LogP contribution in [0.25, 0.3) is 0 Å². The van der Waals surface area contributed by atoms with E-state index >= 15 is 0 Å². The number of rotatable bonds is 7. The van der Waals surface area contributed by atoms with E-state index in [9.17, 15) is 8.42 Å². The molecule has 1 N–H and O–H groups in total. The summed E-state index contributed by atoms with van der Waals surface area (Å²) in [5, 5.41) is 3.26. The molecule has 3 nitrogen and oxygen atoms in total. The Morgan fingerprint density at radius 1 is 1.33 bits per heavy atom. The zero-order chi connectivity index (χ0) is 13.6. The molecule has 0 amide bonds. The van der Waals surface area contributed by atoms with Gasteiger partial charge in [-0.3, -0.25) is 0 Å². The van der Waals surface area contributed by atoms with Crippen LogP contribution in [0.3, 0.4) is 0 Å². The third-order valence-electron chi connectivity index (χ3n) is 3.02. The van der Waals surface area contributed by atoms with Crippen molar-refractivity contribution in [3.05, 3.63) is 33.4 Å². The molecule has 0 aromatic heterocycles. The molecule has 0 radical (unpaired) electrons. The molecule has 0 saturated carbocycles. The SMILES string of the molecule is CCS(=O)(=O)CCCC(NC)c1ccccc1I. The van der Waals surface area contributed by atoms with E-state index in [4.69, 9.17) is 0 Å². The Labute approximate surface area is 123 Å². The van der Waals surface area contributed by atoms with Crippen LogP contribution < -0.4 is 5.32 Å². The summed E-state index contributed by atoms with van der Waals surface area (Å²) in [5.41, 5.74) is 1.24. The molecule has 102 valence electrons. The number of nitrogens with one attached hydrogen (secondary N) is 1. The second kappa shape index (κ2) is 7.45. The summed E-state index contributed by atoms with van der Waals surface area (Å²) in [4.78, 5) is 0. The van der Waals surface area contributed by atoms with E-state index in [1.54, 1.807) is 6.92 Å². The van der Waals surface area contributed by atoms with Gasteiger partial charge in [-0.15, -0.1) is 0 Å². The molecule has 1 atom stereocenters. The van der Waals surface area contributed by atoms with Crippen LogP contribution in [0.4, 0.5) is 0 Å². The van der Waals surface area contributed by atoms with Gasteiger partial charge in [-0.1, -0.05) is 25.1 Å². The number of sulfone groups is 1. The Morgan fingerprint density at radius 2 is 2.00 bits per heavy atom. The standard InChI is InChI=1S/C13H20INO2S/c1-3-18(16,17)10-6-9-13(15-2)11-7-4-5-8-12(11)14/h4-5,7-8,13,15H,3,6,9-10H2,1-2H3. The maximum Gasteiger partial charge on any atom is 0.150 e. The summed E-state index contributed by atoms with van der Waals surface area (Å²) in [7, 11) is -0.927. The highest BCUT2D eigenvalue weighted by Crippen LogP contribution is 2.23. The molecule has 0 heterocycles. The van der Waals surface area contributed by atoms with Crippen molar-refractivity contribution >= 4 is 32.4 Å². The molecule has 1 aromatic carbocycles. The quantitative estimate of drug-likeness (QED) is 0.739. The maximum absolute atomic E-state index is 11.5. The minimum atomic E-state index is -2.85. The fourth-order valence-electron chi connectivity index (χ4n) is 1.86. The molecule has 0 aliphatic carbocycles. The third-order valence-corrected chi connectivity index (χ3v) is 5.79. The Bertz CT molecular complexity index is 474. The molecule has 0 bridgehead atoms. The van der Waals surface area contributed by atoms with Crippen molar-refractivity contribution in [3.8, 4) is 0 Å². The van der Waals surface area contributed by atoms with E-state index in [0.717, 1.165) is 6.42 Å². The molecule has 1 aromatic rings. The average Bonchev–Trinajstić information content (AvgIpc) is 2.36. The topological polar surface area (TPSA) is 46.2 Å². The second-order valence-corrected chi connectivity index (χ2v) is 7.88. The first-order valence-corrected chi connectivity index (χ1v) is 9.02. The van der Waals surface area contributed by atoms with Crippen LogP contribution >= 0.6 is 22.6 Å². The summed E-state index contributed by atoms with van der Waals surface area (Å²) in [6.07, 6.45) is 1.54. The van der Waals surface area contributed by atoms with Crippen molar-refractivity contribution in [2.75, 3.05) is 18.6 Å². The minimum Gasteiger partial charge on any atom is -0.313 e. The number of hydrogen-bond acceptors (Lipinski definition) is 3. The lowest BCUT2D eigenvalue weighted by Gasteiger charge is -2.18. The summed E-state index contributed by atoms with van der Waals surface area (Å²) in [6, 6.07) is 8.43. The Hall–Kier alpha value is -0.140. The zero-order valence-corrected chi connectivity index (χ0v) is 13.8. The van der Waals surface area contributed by atoms with E-state index in [1.165, 1.54) is 9.13 Å². The summed E-state index contributed by atoms with van der Waals surface area (Å²) in [6.45, 7) is 1.70.